The molecule has 0 aliphatic carbocycles. The first-order valence-corrected chi connectivity index (χ1v) is 9.89. The molecule has 0 aliphatic rings. The lowest BCUT2D eigenvalue weighted by atomic mass is 10.3. The zero-order valence-electron chi connectivity index (χ0n) is 11.1. The highest BCUT2D eigenvalue weighted by atomic mass is 79.9. The Morgan fingerprint density at radius 1 is 1.38 bits per heavy atom. The number of nitrogens with zero attached hydrogens (tertiary/aromatic N) is 1. The molecule has 21 heavy (non-hydrogen) atoms. The van der Waals surface area contributed by atoms with Crippen molar-refractivity contribution in [3.63, 3.8) is 0 Å². The molecule has 1 aromatic heterocycles. The minimum absolute atomic E-state index is 0.0557. The second-order valence-corrected chi connectivity index (χ2v) is 8.85. The fourth-order valence-electron chi connectivity index (χ4n) is 1.77. The van der Waals surface area contributed by atoms with Gasteiger partial charge in [0.15, 0.2) is 0 Å². The number of aryl methyl sites for hydroxylation is 1. The number of hydrogen-bond donors (Lipinski definition) is 2. The van der Waals surface area contributed by atoms with Crippen LogP contribution in [0.3, 0.4) is 0 Å². The Labute approximate surface area is 144 Å². The molecule has 0 fully saturated rings. The van der Waals surface area contributed by atoms with Crippen LogP contribution in [0.15, 0.2) is 31.4 Å². The van der Waals surface area contributed by atoms with E-state index in [9.17, 15) is 8.42 Å². The van der Waals surface area contributed by atoms with Crippen molar-refractivity contribution in [1.82, 2.24) is 9.71 Å². The second-order valence-electron chi connectivity index (χ2n) is 4.31. The van der Waals surface area contributed by atoms with Gasteiger partial charge < -0.3 is 5.73 Å². The number of anilines is 1. The van der Waals surface area contributed by atoms with Crippen LogP contribution in [-0.4, -0.2) is 19.9 Å². The molecule has 1 aromatic carbocycles. The number of halogens is 2. The monoisotopic (exact) mass is 453 g/mol. The van der Waals surface area contributed by atoms with Crippen LogP contribution in [0.25, 0.3) is 0 Å². The molecule has 2 rings (SSSR count). The number of aromatic nitrogens is 1. The minimum Gasteiger partial charge on any atom is -0.398 e. The van der Waals surface area contributed by atoms with Gasteiger partial charge in [0.25, 0.3) is 0 Å². The van der Waals surface area contributed by atoms with E-state index in [1.807, 2.05) is 12.3 Å². The largest absolute Gasteiger partial charge is 0.398 e. The summed E-state index contributed by atoms with van der Waals surface area (Å²) in [4.78, 5) is 4.35. The Morgan fingerprint density at radius 3 is 2.67 bits per heavy atom. The number of nitrogens with two attached hydrogens (primary N) is 1. The number of rotatable bonds is 5. The summed E-state index contributed by atoms with van der Waals surface area (Å²) in [6.07, 6.45) is 0.539. The smallest absolute Gasteiger partial charge is 0.243 e. The number of thiazole rings is 1. The van der Waals surface area contributed by atoms with E-state index < -0.39 is 10.0 Å². The van der Waals surface area contributed by atoms with Crippen LogP contribution in [0.2, 0.25) is 0 Å². The normalized spacial score (nSPS) is 11.8. The average Bonchev–Trinajstić information content (AvgIpc) is 2.72. The summed E-state index contributed by atoms with van der Waals surface area (Å²) in [7, 11) is -3.67. The van der Waals surface area contributed by atoms with E-state index in [1.54, 1.807) is 23.5 Å². The topological polar surface area (TPSA) is 85.1 Å². The molecule has 1 heterocycles. The van der Waals surface area contributed by atoms with Crippen molar-refractivity contribution >= 4 is 58.9 Å². The zero-order chi connectivity index (χ0) is 15.6. The Balaban J connectivity index is 2.12. The summed E-state index contributed by atoms with van der Waals surface area (Å²) in [6.45, 7) is 2.19. The summed E-state index contributed by atoms with van der Waals surface area (Å²) in [5.41, 5.74) is 6.87. The van der Waals surface area contributed by atoms with E-state index in [1.165, 1.54) is 0 Å². The number of nitrogen functional groups attached to an aromatic ring is 1. The quantitative estimate of drug-likeness (QED) is 0.679. The minimum atomic E-state index is -3.67. The predicted molar refractivity (Wildman–Crippen MR) is 92.0 cm³/mol. The molecule has 0 saturated carbocycles. The predicted octanol–water partition coefficient (Wildman–Crippen LogP) is 3.08. The van der Waals surface area contributed by atoms with E-state index in [0.29, 0.717) is 15.4 Å². The summed E-state index contributed by atoms with van der Waals surface area (Å²) in [6, 6.07) is 3.21. The first-order valence-electron chi connectivity index (χ1n) is 5.95. The molecule has 0 amide bonds. The summed E-state index contributed by atoms with van der Waals surface area (Å²) in [5.74, 6) is 0. The number of hydrogen-bond acceptors (Lipinski definition) is 5. The highest BCUT2D eigenvalue weighted by Gasteiger charge is 2.21. The van der Waals surface area contributed by atoms with E-state index in [-0.39, 0.29) is 17.1 Å². The van der Waals surface area contributed by atoms with Crippen LogP contribution >= 0.6 is 43.2 Å². The Morgan fingerprint density at radius 2 is 2.10 bits per heavy atom. The van der Waals surface area contributed by atoms with E-state index in [0.717, 1.165) is 10.7 Å². The standard InChI is InChI=1S/C12H13Br2N3O2S2/c1-7-17-9(6-20-7)2-3-16-21(18,19)12-10(14)4-8(13)5-11(12)15/h4-6,16H,2-3,15H2,1H3. The van der Waals surface area contributed by atoms with Crippen molar-refractivity contribution in [2.24, 2.45) is 0 Å². The first kappa shape index (κ1) is 16.9. The molecular formula is C12H13Br2N3O2S2. The Hall–Kier alpha value is -0.480. The van der Waals surface area contributed by atoms with Crippen LogP contribution in [-0.2, 0) is 16.4 Å². The van der Waals surface area contributed by atoms with Crippen LogP contribution < -0.4 is 10.5 Å². The molecule has 5 nitrogen and oxygen atoms in total. The third-order valence-electron chi connectivity index (χ3n) is 2.65. The maximum absolute atomic E-state index is 12.3. The highest BCUT2D eigenvalue weighted by Crippen LogP contribution is 2.31. The van der Waals surface area contributed by atoms with Crippen LogP contribution in [0.1, 0.15) is 10.7 Å². The second kappa shape index (κ2) is 6.74. The van der Waals surface area contributed by atoms with Gasteiger partial charge in [0, 0.05) is 27.3 Å². The van der Waals surface area contributed by atoms with E-state index in [4.69, 9.17) is 5.73 Å². The van der Waals surface area contributed by atoms with Gasteiger partial charge in [-0.05, 0) is 35.0 Å². The van der Waals surface area contributed by atoms with Gasteiger partial charge in [-0.25, -0.2) is 18.1 Å². The molecule has 0 radical (unpaired) electrons. The van der Waals surface area contributed by atoms with Crippen LogP contribution in [0.4, 0.5) is 5.69 Å². The van der Waals surface area contributed by atoms with Crippen molar-refractivity contribution in [3.05, 3.63) is 37.2 Å². The maximum Gasteiger partial charge on any atom is 0.243 e. The lowest BCUT2D eigenvalue weighted by Crippen LogP contribution is -2.27. The molecule has 9 heteroatoms. The van der Waals surface area contributed by atoms with Gasteiger partial charge in [-0.15, -0.1) is 11.3 Å². The van der Waals surface area contributed by atoms with Crippen LogP contribution in [0, 0.1) is 6.92 Å². The van der Waals surface area contributed by atoms with Crippen molar-refractivity contribution in [1.29, 1.82) is 0 Å². The summed E-state index contributed by atoms with van der Waals surface area (Å²) < 4.78 is 28.3. The highest BCUT2D eigenvalue weighted by molar-refractivity contribution is 9.11. The fraction of sp³-hybridized carbons (Fsp3) is 0.250. The molecular weight excluding hydrogens is 442 g/mol. The molecule has 3 N–H and O–H groups in total. The summed E-state index contributed by atoms with van der Waals surface area (Å²) >= 11 is 8.05. The van der Waals surface area contributed by atoms with Crippen molar-refractivity contribution in [2.45, 2.75) is 18.2 Å². The van der Waals surface area contributed by atoms with Gasteiger partial charge in [-0.1, -0.05) is 15.9 Å². The average molecular weight is 455 g/mol. The third kappa shape index (κ3) is 4.26. The molecule has 0 unspecified atom stereocenters. The molecule has 0 atom stereocenters. The number of nitrogens with one attached hydrogen (secondary N) is 1. The number of sulfonamides is 1. The van der Waals surface area contributed by atoms with Crippen LogP contribution in [0.5, 0.6) is 0 Å². The van der Waals surface area contributed by atoms with E-state index in [2.05, 4.69) is 41.6 Å². The van der Waals surface area contributed by atoms with Crippen molar-refractivity contribution in [3.8, 4) is 0 Å². The van der Waals surface area contributed by atoms with Crippen molar-refractivity contribution in [2.75, 3.05) is 12.3 Å². The van der Waals surface area contributed by atoms with Gasteiger partial charge in [0.2, 0.25) is 10.0 Å². The zero-order valence-corrected chi connectivity index (χ0v) is 15.9. The first-order chi connectivity index (χ1) is 9.79. The molecule has 0 bridgehead atoms. The Kier molecular flexibility index (Phi) is 5.42. The molecule has 114 valence electrons. The Bertz CT molecular complexity index is 737. The summed E-state index contributed by atoms with van der Waals surface area (Å²) in [5, 5.41) is 2.89. The lowest BCUT2D eigenvalue weighted by Gasteiger charge is -2.11. The lowest BCUT2D eigenvalue weighted by molar-refractivity contribution is 0.581. The van der Waals surface area contributed by atoms with Gasteiger partial charge in [0.05, 0.1) is 16.4 Å². The van der Waals surface area contributed by atoms with Crippen molar-refractivity contribution < 1.29 is 8.42 Å². The number of benzene rings is 1. The van der Waals surface area contributed by atoms with Gasteiger partial charge in [0.1, 0.15) is 4.90 Å². The van der Waals surface area contributed by atoms with Gasteiger partial charge >= 0.3 is 0 Å². The van der Waals surface area contributed by atoms with Gasteiger partial charge in [-0.2, -0.15) is 0 Å². The fourth-order valence-corrected chi connectivity index (χ4v) is 5.52. The van der Waals surface area contributed by atoms with Gasteiger partial charge in [-0.3, -0.25) is 0 Å². The molecule has 2 aromatic rings. The molecule has 0 aliphatic heterocycles. The molecule has 0 spiro atoms. The SMILES string of the molecule is Cc1nc(CCNS(=O)(=O)c2c(N)cc(Br)cc2Br)cs1. The third-order valence-corrected chi connectivity index (χ3v) is 6.39. The maximum atomic E-state index is 12.3. The molecule has 0 saturated heterocycles. The van der Waals surface area contributed by atoms with E-state index >= 15 is 0 Å².